The minimum Gasteiger partial charge on any atom is -0.508 e. The number of rotatable bonds is 2. The van der Waals surface area contributed by atoms with Gasteiger partial charge in [-0.1, -0.05) is 18.9 Å². The fourth-order valence-electron chi connectivity index (χ4n) is 3.20. The number of hydrogen-bond donors (Lipinski definition) is 1. The molecule has 2 fully saturated rings. The highest BCUT2D eigenvalue weighted by Crippen LogP contribution is 2.44. The first-order valence-electron chi connectivity index (χ1n) is 6.85. The highest BCUT2D eigenvalue weighted by Gasteiger charge is 2.40. The third-order valence-electron chi connectivity index (χ3n) is 4.08. The van der Waals surface area contributed by atoms with Crippen molar-refractivity contribution in [1.82, 2.24) is 0 Å². The first-order chi connectivity index (χ1) is 8.76. The number of thioether (sulfide) groups is 1. The summed E-state index contributed by atoms with van der Waals surface area (Å²) in [6.07, 6.45) is 7.43. The van der Waals surface area contributed by atoms with Crippen molar-refractivity contribution in [1.29, 1.82) is 0 Å². The van der Waals surface area contributed by atoms with Gasteiger partial charge in [-0.25, -0.2) is 0 Å². The molecule has 1 atom stereocenters. The number of benzene rings is 1. The molecule has 3 rings (SSSR count). The monoisotopic (exact) mass is 264 g/mol. The van der Waals surface area contributed by atoms with Crippen molar-refractivity contribution in [2.45, 2.75) is 54.3 Å². The molecule has 0 radical (unpaired) electrons. The Morgan fingerprint density at radius 2 is 2.11 bits per heavy atom. The molecular weight excluding hydrogens is 244 g/mol. The first-order valence-corrected chi connectivity index (χ1v) is 7.73. The molecule has 18 heavy (non-hydrogen) atoms. The van der Waals surface area contributed by atoms with Crippen LogP contribution in [0.4, 0.5) is 0 Å². The third kappa shape index (κ3) is 2.67. The standard InChI is InChI=1S/C15H20O2S/c16-12-4-3-5-13(10-12)18-14-6-9-17-15(11-14)7-1-2-8-15/h3-5,10,14,16H,1-2,6-9,11H2. The maximum Gasteiger partial charge on any atom is 0.116 e. The van der Waals surface area contributed by atoms with Crippen molar-refractivity contribution in [3.8, 4) is 5.75 Å². The summed E-state index contributed by atoms with van der Waals surface area (Å²) in [5.41, 5.74) is 0.187. The summed E-state index contributed by atoms with van der Waals surface area (Å²) in [6.45, 7) is 0.899. The summed E-state index contributed by atoms with van der Waals surface area (Å²) in [4.78, 5) is 1.18. The molecule has 1 unspecified atom stereocenters. The van der Waals surface area contributed by atoms with Crippen molar-refractivity contribution >= 4 is 11.8 Å². The smallest absolute Gasteiger partial charge is 0.116 e. The fourth-order valence-corrected chi connectivity index (χ4v) is 4.53. The fraction of sp³-hybridized carbons (Fsp3) is 0.600. The van der Waals surface area contributed by atoms with E-state index in [9.17, 15) is 5.11 Å². The molecule has 1 spiro atoms. The molecule has 1 N–H and O–H groups in total. The van der Waals surface area contributed by atoms with Crippen LogP contribution in [-0.2, 0) is 4.74 Å². The molecule has 1 aliphatic carbocycles. The molecule has 1 heterocycles. The van der Waals surface area contributed by atoms with E-state index in [1.54, 1.807) is 6.07 Å². The molecule has 1 saturated heterocycles. The van der Waals surface area contributed by atoms with Crippen LogP contribution >= 0.6 is 11.8 Å². The molecule has 0 aromatic heterocycles. The Hall–Kier alpha value is -0.670. The zero-order chi connectivity index (χ0) is 12.4. The topological polar surface area (TPSA) is 29.5 Å². The van der Waals surface area contributed by atoms with Crippen molar-refractivity contribution in [3.05, 3.63) is 24.3 Å². The first kappa shape index (κ1) is 12.4. The van der Waals surface area contributed by atoms with Gasteiger partial charge in [0, 0.05) is 16.8 Å². The SMILES string of the molecule is Oc1cccc(SC2CCOC3(CCCC3)C2)c1. The van der Waals surface area contributed by atoms with Gasteiger partial charge >= 0.3 is 0 Å². The van der Waals surface area contributed by atoms with E-state index in [2.05, 4.69) is 6.07 Å². The van der Waals surface area contributed by atoms with Gasteiger partial charge in [0.2, 0.25) is 0 Å². The van der Waals surface area contributed by atoms with Crippen LogP contribution in [-0.4, -0.2) is 22.6 Å². The van der Waals surface area contributed by atoms with Gasteiger partial charge in [0.1, 0.15) is 5.75 Å². The predicted octanol–water partition coefficient (Wildman–Crippen LogP) is 3.98. The summed E-state index contributed by atoms with van der Waals surface area (Å²) in [7, 11) is 0. The van der Waals surface area contributed by atoms with Gasteiger partial charge < -0.3 is 9.84 Å². The number of phenols is 1. The Morgan fingerprint density at radius 3 is 2.89 bits per heavy atom. The van der Waals surface area contributed by atoms with Crippen LogP contribution in [0.1, 0.15) is 38.5 Å². The summed E-state index contributed by atoms with van der Waals surface area (Å²) < 4.78 is 6.06. The highest BCUT2D eigenvalue weighted by atomic mass is 32.2. The van der Waals surface area contributed by atoms with E-state index in [4.69, 9.17) is 4.74 Å². The Kier molecular flexibility index (Phi) is 3.53. The zero-order valence-corrected chi connectivity index (χ0v) is 11.4. The number of aromatic hydroxyl groups is 1. The lowest BCUT2D eigenvalue weighted by Gasteiger charge is -2.38. The van der Waals surface area contributed by atoms with Crippen molar-refractivity contribution in [2.24, 2.45) is 0 Å². The molecule has 1 aromatic carbocycles. The third-order valence-corrected chi connectivity index (χ3v) is 5.34. The predicted molar refractivity (Wildman–Crippen MR) is 74.1 cm³/mol. The van der Waals surface area contributed by atoms with E-state index < -0.39 is 0 Å². The summed E-state index contributed by atoms with van der Waals surface area (Å²) in [6, 6.07) is 7.59. The molecule has 2 nitrogen and oxygen atoms in total. The van der Waals surface area contributed by atoms with Gasteiger partial charge in [-0.15, -0.1) is 11.8 Å². The van der Waals surface area contributed by atoms with E-state index in [-0.39, 0.29) is 5.60 Å². The molecule has 1 aromatic rings. The van der Waals surface area contributed by atoms with Crippen LogP contribution in [0, 0.1) is 0 Å². The van der Waals surface area contributed by atoms with Crippen LogP contribution in [0.25, 0.3) is 0 Å². The van der Waals surface area contributed by atoms with Crippen LogP contribution < -0.4 is 0 Å². The lowest BCUT2D eigenvalue weighted by atomic mass is 9.92. The molecule has 3 heteroatoms. The Morgan fingerprint density at radius 1 is 1.28 bits per heavy atom. The van der Waals surface area contributed by atoms with Crippen molar-refractivity contribution < 1.29 is 9.84 Å². The lowest BCUT2D eigenvalue weighted by Crippen LogP contribution is -2.38. The van der Waals surface area contributed by atoms with Crippen LogP contribution in [0.3, 0.4) is 0 Å². The lowest BCUT2D eigenvalue weighted by molar-refractivity contribution is -0.0703. The second-order valence-corrected chi connectivity index (χ2v) is 6.84. The Balaban J connectivity index is 1.66. The molecule has 0 bridgehead atoms. The van der Waals surface area contributed by atoms with E-state index >= 15 is 0 Å². The number of hydrogen-bond acceptors (Lipinski definition) is 3. The van der Waals surface area contributed by atoms with Gasteiger partial charge in [-0.2, -0.15) is 0 Å². The second-order valence-electron chi connectivity index (χ2n) is 5.47. The minimum atomic E-state index is 0.187. The number of ether oxygens (including phenoxy) is 1. The van der Waals surface area contributed by atoms with E-state index in [1.165, 1.54) is 37.0 Å². The maximum atomic E-state index is 9.51. The van der Waals surface area contributed by atoms with Crippen molar-refractivity contribution in [3.63, 3.8) is 0 Å². The minimum absolute atomic E-state index is 0.187. The molecule has 1 aliphatic heterocycles. The normalized spacial score (nSPS) is 26.6. The van der Waals surface area contributed by atoms with E-state index in [0.29, 0.717) is 11.0 Å². The largest absolute Gasteiger partial charge is 0.508 e. The molecular formula is C15H20O2S. The molecule has 98 valence electrons. The average Bonchev–Trinajstić information content (AvgIpc) is 2.77. The summed E-state index contributed by atoms with van der Waals surface area (Å²) >= 11 is 1.90. The van der Waals surface area contributed by atoms with Gasteiger partial charge in [-0.3, -0.25) is 0 Å². The second kappa shape index (κ2) is 5.14. The van der Waals surface area contributed by atoms with E-state index in [1.807, 2.05) is 23.9 Å². The van der Waals surface area contributed by atoms with Crippen LogP contribution in [0.15, 0.2) is 29.2 Å². The number of phenolic OH excluding ortho intramolecular Hbond substituents is 1. The summed E-state index contributed by atoms with van der Waals surface area (Å²) in [5.74, 6) is 0.364. The van der Waals surface area contributed by atoms with Gasteiger partial charge in [-0.05, 0) is 43.9 Å². The zero-order valence-electron chi connectivity index (χ0n) is 10.6. The average molecular weight is 264 g/mol. The van der Waals surface area contributed by atoms with Gasteiger partial charge in [0.15, 0.2) is 0 Å². The Labute approximate surface area is 113 Å². The van der Waals surface area contributed by atoms with Crippen molar-refractivity contribution in [2.75, 3.05) is 6.61 Å². The summed E-state index contributed by atoms with van der Waals surface area (Å²) in [5, 5.41) is 10.1. The Bertz CT molecular complexity index is 413. The highest BCUT2D eigenvalue weighted by molar-refractivity contribution is 8.00. The van der Waals surface area contributed by atoms with Crippen LogP contribution in [0.5, 0.6) is 5.75 Å². The molecule has 0 amide bonds. The quantitative estimate of drug-likeness (QED) is 0.876. The van der Waals surface area contributed by atoms with Gasteiger partial charge in [0.25, 0.3) is 0 Å². The molecule has 1 saturated carbocycles. The van der Waals surface area contributed by atoms with Crippen LogP contribution in [0.2, 0.25) is 0 Å². The van der Waals surface area contributed by atoms with E-state index in [0.717, 1.165) is 13.0 Å². The maximum absolute atomic E-state index is 9.51. The molecule has 2 aliphatic rings. The van der Waals surface area contributed by atoms with Gasteiger partial charge in [0.05, 0.1) is 5.60 Å².